The average Bonchev–Trinajstić information content (AvgIpc) is 2.77. The van der Waals surface area contributed by atoms with Crippen LogP contribution in [-0.4, -0.2) is 60.0 Å². The highest BCUT2D eigenvalue weighted by Gasteiger charge is 2.40. The minimum Gasteiger partial charge on any atom is -0.367 e. The number of carbonyl (C=O) groups is 1. The summed E-state index contributed by atoms with van der Waals surface area (Å²) >= 11 is 0. The van der Waals surface area contributed by atoms with E-state index >= 15 is 0 Å². The Hall–Kier alpha value is -2.42. The normalized spacial score (nSPS) is 23.3. The third kappa shape index (κ3) is 4.99. The Morgan fingerprint density at radius 2 is 1.71 bits per heavy atom. The standard InChI is InChI=1S/C25H34F3N5O/c1-16-13-18(31-23(34)24(2,3)17-7-11-32(4)12-8-17)15-33(14-16)20-6-5-19(25(26,27)28)21-22(20)30-10-9-29-21/h5-6,9-10,16-18H,7-8,11-15H2,1-4H3,(H,31,34)/t16-,18+/m0/s1. The first-order valence-electron chi connectivity index (χ1n) is 12.0. The first-order chi connectivity index (χ1) is 16.0. The van der Waals surface area contributed by atoms with Crippen LogP contribution in [0, 0.1) is 17.3 Å². The first kappa shape index (κ1) is 24.7. The van der Waals surface area contributed by atoms with Gasteiger partial charge in [-0.15, -0.1) is 0 Å². The van der Waals surface area contributed by atoms with Crippen LogP contribution in [0.15, 0.2) is 24.5 Å². The van der Waals surface area contributed by atoms with Gasteiger partial charge in [-0.3, -0.25) is 14.8 Å². The Morgan fingerprint density at radius 1 is 1.06 bits per heavy atom. The molecule has 0 bridgehead atoms. The number of anilines is 1. The van der Waals surface area contributed by atoms with Crippen LogP contribution in [0.3, 0.4) is 0 Å². The van der Waals surface area contributed by atoms with Gasteiger partial charge in [0, 0.05) is 36.9 Å². The molecule has 2 atom stereocenters. The topological polar surface area (TPSA) is 61.4 Å². The molecule has 2 fully saturated rings. The van der Waals surface area contributed by atoms with Gasteiger partial charge in [0.1, 0.15) is 11.0 Å². The summed E-state index contributed by atoms with van der Waals surface area (Å²) in [6.07, 6.45) is 1.03. The van der Waals surface area contributed by atoms with Crippen molar-refractivity contribution in [3.05, 3.63) is 30.1 Å². The zero-order chi connectivity index (χ0) is 24.7. The number of alkyl halides is 3. The molecule has 6 nitrogen and oxygen atoms in total. The van der Waals surface area contributed by atoms with Gasteiger partial charge in [-0.05, 0) is 63.4 Å². The van der Waals surface area contributed by atoms with Crippen molar-refractivity contribution in [1.29, 1.82) is 0 Å². The maximum Gasteiger partial charge on any atom is 0.418 e. The Balaban J connectivity index is 1.54. The molecule has 1 aromatic heterocycles. The van der Waals surface area contributed by atoms with E-state index in [-0.39, 0.29) is 28.9 Å². The second-order valence-electron chi connectivity index (χ2n) is 10.6. The summed E-state index contributed by atoms with van der Waals surface area (Å²) in [7, 11) is 2.11. The zero-order valence-electron chi connectivity index (χ0n) is 20.3. The predicted octanol–water partition coefficient (Wildman–Crippen LogP) is 4.35. The van der Waals surface area contributed by atoms with E-state index in [4.69, 9.17) is 0 Å². The van der Waals surface area contributed by atoms with Crippen molar-refractivity contribution in [3.63, 3.8) is 0 Å². The summed E-state index contributed by atoms with van der Waals surface area (Å²) < 4.78 is 40.5. The van der Waals surface area contributed by atoms with Crippen LogP contribution >= 0.6 is 0 Å². The van der Waals surface area contributed by atoms with Crippen molar-refractivity contribution in [2.24, 2.45) is 17.3 Å². The highest BCUT2D eigenvalue weighted by atomic mass is 19.4. The van der Waals surface area contributed by atoms with Gasteiger partial charge in [-0.25, -0.2) is 0 Å². The molecule has 2 aliphatic rings. The summed E-state index contributed by atoms with van der Waals surface area (Å²) in [6, 6.07) is 2.48. The summed E-state index contributed by atoms with van der Waals surface area (Å²) in [6.45, 7) is 9.36. The number of hydrogen-bond acceptors (Lipinski definition) is 5. The van der Waals surface area contributed by atoms with Crippen LogP contribution in [0.4, 0.5) is 18.9 Å². The molecule has 34 heavy (non-hydrogen) atoms. The maximum atomic E-state index is 13.5. The van der Waals surface area contributed by atoms with E-state index in [1.807, 2.05) is 18.7 Å². The number of rotatable bonds is 4. The molecule has 0 radical (unpaired) electrons. The van der Waals surface area contributed by atoms with Crippen LogP contribution in [-0.2, 0) is 11.0 Å². The molecule has 0 aliphatic carbocycles. The molecule has 9 heteroatoms. The van der Waals surface area contributed by atoms with Gasteiger partial charge >= 0.3 is 6.18 Å². The zero-order valence-corrected chi connectivity index (χ0v) is 20.3. The lowest BCUT2D eigenvalue weighted by molar-refractivity contribution is -0.136. The quantitative estimate of drug-likeness (QED) is 0.710. The number of halogens is 3. The fourth-order valence-electron chi connectivity index (χ4n) is 5.47. The van der Waals surface area contributed by atoms with Crippen LogP contribution in [0.25, 0.3) is 11.0 Å². The van der Waals surface area contributed by atoms with Crippen LogP contribution in [0.5, 0.6) is 0 Å². The molecule has 186 valence electrons. The molecule has 1 aromatic carbocycles. The van der Waals surface area contributed by atoms with Crippen molar-refractivity contribution < 1.29 is 18.0 Å². The molecular weight excluding hydrogens is 443 g/mol. The number of nitrogens with one attached hydrogen (secondary N) is 1. The molecule has 1 amide bonds. The summed E-state index contributed by atoms with van der Waals surface area (Å²) in [5.41, 5.74) is -0.539. The molecule has 0 saturated carbocycles. The summed E-state index contributed by atoms with van der Waals surface area (Å²) in [5.74, 6) is 0.646. The molecule has 1 N–H and O–H groups in total. The number of aromatic nitrogens is 2. The molecule has 4 rings (SSSR count). The largest absolute Gasteiger partial charge is 0.418 e. The van der Waals surface area contributed by atoms with Gasteiger partial charge in [-0.1, -0.05) is 20.8 Å². The third-order valence-electron chi connectivity index (χ3n) is 7.57. The minimum absolute atomic E-state index is 0.0539. The van der Waals surface area contributed by atoms with E-state index in [0.717, 1.165) is 38.4 Å². The van der Waals surface area contributed by atoms with Crippen molar-refractivity contribution in [2.45, 2.75) is 52.3 Å². The van der Waals surface area contributed by atoms with Crippen LogP contribution < -0.4 is 10.2 Å². The van der Waals surface area contributed by atoms with E-state index in [2.05, 4.69) is 34.2 Å². The summed E-state index contributed by atoms with van der Waals surface area (Å²) in [4.78, 5) is 25.9. The summed E-state index contributed by atoms with van der Waals surface area (Å²) in [5, 5.41) is 3.27. The van der Waals surface area contributed by atoms with E-state index in [9.17, 15) is 18.0 Å². The molecule has 2 aromatic rings. The van der Waals surface area contributed by atoms with Gasteiger partial charge < -0.3 is 15.1 Å². The highest BCUT2D eigenvalue weighted by Crippen LogP contribution is 2.38. The number of benzene rings is 1. The van der Waals surface area contributed by atoms with E-state index in [0.29, 0.717) is 24.7 Å². The van der Waals surface area contributed by atoms with Gasteiger partial charge in [0.2, 0.25) is 5.91 Å². The number of nitrogens with zero attached hydrogens (tertiary/aromatic N) is 4. The highest BCUT2D eigenvalue weighted by molar-refractivity contribution is 5.91. The molecule has 2 aliphatic heterocycles. The minimum atomic E-state index is -4.50. The van der Waals surface area contributed by atoms with E-state index in [1.165, 1.54) is 18.5 Å². The lowest BCUT2D eigenvalue weighted by Crippen LogP contribution is -2.54. The number of carbonyl (C=O) groups excluding carboxylic acids is 1. The SMILES string of the molecule is C[C@H]1C[C@@H](NC(=O)C(C)(C)C2CCN(C)CC2)CN(c2ccc(C(F)(F)F)c3nccnc23)C1. The Bertz CT molecular complexity index is 1030. The predicted molar refractivity (Wildman–Crippen MR) is 126 cm³/mol. The average molecular weight is 478 g/mol. The van der Waals surface area contributed by atoms with Crippen LogP contribution in [0.1, 0.15) is 45.6 Å². The molecule has 0 spiro atoms. The van der Waals surface area contributed by atoms with E-state index in [1.54, 1.807) is 0 Å². The Morgan fingerprint density at radius 3 is 2.35 bits per heavy atom. The molecule has 2 saturated heterocycles. The molecular formula is C25H34F3N5O. The van der Waals surface area contributed by atoms with Gasteiger partial charge in [0.15, 0.2) is 0 Å². The molecule has 0 unspecified atom stereocenters. The lowest BCUT2D eigenvalue weighted by Gasteiger charge is -2.42. The van der Waals surface area contributed by atoms with Crippen molar-refractivity contribution >= 4 is 22.6 Å². The van der Waals surface area contributed by atoms with Crippen LogP contribution in [0.2, 0.25) is 0 Å². The van der Waals surface area contributed by atoms with Gasteiger partial charge in [0.25, 0.3) is 0 Å². The number of likely N-dealkylation sites (tertiary alicyclic amines) is 1. The fourth-order valence-corrected chi connectivity index (χ4v) is 5.47. The van der Waals surface area contributed by atoms with E-state index < -0.39 is 17.2 Å². The van der Waals surface area contributed by atoms with Gasteiger partial charge in [0.05, 0.1) is 11.3 Å². The van der Waals surface area contributed by atoms with Crippen molar-refractivity contribution in [3.8, 4) is 0 Å². The second kappa shape index (κ2) is 9.32. The van der Waals surface area contributed by atoms with Crippen molar-refractivity contribution in [1.82, 2.24) is 20.2 Å². The second-order valence-corrected chi connectivity index (χ2v) is 10.6. The fraction of sp³-hybridized carbons (Fsp3) is 0.640. The first-order valence-corrected chi connectivity index (χ1v) is 12.0. The van der Waals surface area contributed by atoms with Crippen molar-refractivity contribution in [2.75, 3.05) is 38.1 Å². The maximum absolute atomic E-state index is 13.5. The Labute approximate surface area is 198 Å². The number of piperidine rings is 2. The third-order valence-corrected chi connectivity index (χ3v) is 7.57. The number of fused-ring (bicyclic) bond motifs is 1. The monoisotopic (exact) mass is 477 g/mol. The lowest BCUT2D eigenvalue weighted by atomic mass is 9.73. The number of hydrogen-bond donors (Lipinski definition) is 1. The Kier molecular flexibility index (Phi) is 6.77. The smallest absolute Gasteiger partial charge is 0.367 e. The molecule has 3 heterocycles. The van der Waals surface area contributed by atoms with Gasteiger partial charge in [-0.2, -0.15) is 13.2 Å². The number of amides is 1.